The van der Waals surface area contributed by atoms with Gasteiger partial charge in [-0.15, -0.1) is 0 Å². The first kappa shape index (κ1) is 30.1. The zero-order valence-corrected chi connectivity index (χ0v) is 21.0. The van der Waals surface area contributed by atoms with Gasteiger partial charge in [0, 0.05) is 5.56 Å². The van der Waals surface area contributed by atoms with E-state index in [2.05, 4.69) is 5.32 Å². The first-order valence-electron chi connectivity index (χ1n) is 9.87. The maximum atomic E-state index is 14.9. The van der Waals surface area contributed by atoms with Gasteiger partial charge in [0.25, 0.3) is 12.3 Å². The largest absolute Gasteiger partial charge is 0.399 e. The maximum Gasteiger partial charge on any atom is 0.399 e. The molecule has 2 aromatic rings. The molecule has 0 saturated carbocycles. The summed E-state index contributed by atoms with van der Waals surface area (Å²) >= 11 is 23.4. The summed E-state index contributed by atoms with van der Waals surface area (Å²) in [6, 6.07) is 3.56. The van der Waals surface area contributed by atoms with Crippen LogP contribution in [0.2, 0.25) is 20.1 Å². The van der Waals surface area contributed by atoms with Crippen LogP contribution in [0.15, 0.2) is 36.4 Å². The number of benzene rings is 2. The number of hydrogen-bond donors (Lipinski definition) is 2. The number of alkyl halides is 5. The highest BCUT2D eigenvalue weighted by molar-refractivity contribution is 6.48. The summed E-state index contributed by atoms with van der Waals surface area (Å²) in [6.45, 7) is 0.323. The van der Waals surface area contributed by atoms with E-state index in [1.54, 1.807) is 0 Å². The van der Waals surface area contributed by atoms with Crippen molar-refractivity contribution in [2.45, 2.75) is 31.5 Å². The van der Waals surface area contributed by atoms with Crippen molar-refractivity contribution in [2.24, 2.45) is 0 Å². The van der Waals surface area contributed by atoms with Gasteiger partial charge >= 0.3 is 6.18 Å². The Bertz CT molecular complexity index is 1150. The third-order valence-corrected chi connectivity index (χ3v) is 6.20. The normalized spacial score (nSPS) is 13.9. The molecule has 0 aromatic heterocycles. The van der Waals surface area contributed by atoms with E-state index in [0.29, 0.717) is 0 Å². The van der Waals surface area contributed by atoms with E-state index in [0.717, 1.165) is 30.3 Å². The molecule has 0 saturated heterocycles. The molecule has 2 unspecified atom stereocenters. The third-order valence-electron chi connectivity index (χ3n) is 4.69. The lowest BCUT2D eigenvalue weighted by molar-refractivity contribution is -0.139. The van der Waals surface area contributed by atoms with Crippen LogP contribution in [0.5, 0.6) is 0 Å². The molecule has 2 atom stereocenters. The lowest BCUT2D eigenvalue weighted by atomic mass is 9.96. The molecule has 36 heavy (non-hydrogen) atoms. The van der Waals surface area contributed by atoms with Crippen LogP contribution in [-0.4, -0.2) is 37.0 Å². The summed E-state index contributed by atoms with van der Waals surface area (Å²) in [7, 11) is 0. The van der Waals surface area contributed by atoms with Crippen molar-refractivity contribution in [3.63, 3.8) is 0 Å². The van der Waals surface area contributed by atoms with Crippen molar-refractivity contribution in [2.75, 3.05) is 6.54 Å². The third kappa shape index (κ3) is 7.93. The van der Waals surface area contributed by atoms with Crippen molar-refractivity contribution in [3.05, 3.63) is 73.2 Å². The highest BCUT2D eigenvalue weighted by Crippen LogP contribution is 2.42. The van der Waals surface area contributed by atoms with Gasteiger partial charge in [0.05, 0.1) is 32.2 Å². The average Bonchev–Trinajstić information content (AvgIpc) is 2.77. The van der Waals surface area contributed by atoms with E-state index < -0.39 is 54.3 Å². The smallest absolute Gasteiger partial charge is 0.349 e. The second kappa shape index (κ2) is 12.4. The van der Waals surface area contributed by atoms with Crippen molar-refractivity contribution in [1.29, 1.82) is 0 Å². The number of rotatable bonds is 8. The molecule has 0 aliphatic carbocycles. The molecule has 196 valence electrons. The molecule has 2 aromatic carbocycles. The highest BCUT2D eigenvalue weighted by atomic mass is 35.5. The number of carbonyl (C=O) groups excluding carboxylic acids is 2. The van der Waals surface area contributed by atoms with E-state index in [4.69, 9.17) is 46.4 Å². The second-order valence-corrected chi connectivity index (χ2v) is 8.96. The molecular formula is C22H16Cl4F6N2O2. The van der Waals surface area contributed by atoms with Gasteiger partial charge in [-0.2, -0.15) is 13.2 Å². The predicted octanol–water partition coefficient (Wildman–Crippen LogP) is 7.46. The SMILES string of the molecule is CC(NC(=O)c1ccc(/C(F)=C/C(c2cc(Cl)c(Cl)c(Cl)c2)C(F)(F)F)cc1Cl)C(=O)NCC(F)F. The van der Waals surface area contributed by atoms with Crippen LogP contribution in [-0.2, 0) is 4.79 Å². The molecule has 2 N–H and O–H groups in total. The maximum absolute atomic E-state index is 14.9. The number of carbonyl (C=O) groups is 2. The number of hydrogen-bond acceptors (Lipinski definition) is 2. The van der Waals surface area contributed by atoms with Crippen LogP contribution in [0.4, 0.5) is 26.3 Å². The summed E-state index contributed by atoms with van der Waals surface area (Å²) in [6.07, 6.45) is -7.42. The van der Waals surface area contributed by atoms with Gasteiger partial charge in [0.1, 0.15) is 17.8 Å². The van der Waals surface area contributed by atoms with E-state index in [1.807, 2.05) is 5.32 Å². The van der Waals surface area contributed by atoms with Gasteiger partial charge in [0.15, 0.2) is 0 Å². The Kier molecular flexibility index (Phi) is 10.4. The van der Waals surface area contributed by atoms with Crippen molar-refractivity contribution in [3.8, 4) is 0 Å². The molecule has 2 rings (SSSR count). The Labute approximate surface area is 221 Å². The number of amides is 2. The predicted molar refractivity (Wildman–Crippen MR) is 127 cm³/mol. The van der Waals surface area contributed by atoms with Gasteiger partial charge < -0.3 is 10.6 Å². The van der Waals surface area contributed by atoms with Crippen LogP contribution in [0.3, 0.4) is 0 Å². The summed E-state index contributed by atoms with van der Waals surface area (Å²) < 4.78 is 80.3. The van der Waals surface area contributed by atoms with Crippen molar-refractivity contribution >= 4 is 64.0 Å². The van der Waals surface area contributed by atoms with Gasteiger partial charge in [-0.25, -0.2) is 13.2 Å². The summed E-state index contributed by atoms with van der Waals surface area (Å²) in [5.41, 5.74) is -1.07. The first-order valence-corrected chi connectivity index (χ1v) is 11.4. The Morgan fingerprint density at radius 2 is 1.58 bits per heavy atom. The molecule has 0 spiro atoms. The van der Waals surface area contributed by atoms with Crippen molar-refractivity contribution in [1.82, 2.24) is 10.6 Å². The van der Waals surface area contributed by atoms with E-state index in [1.165, 1.54) is 6.92 Å². The molecule has 0 radical (unpaired) electrons. The fourth-order valence-electron chi connectivity index (χ4n) is 2.90. The highest BCUT2D eigenvalue weighted by Gasteiger charge is 2.40. The lowest BCUT2D eigenvalue weighted by Crippen LogP contribution is -2.46. The minimum atomic E-state index is -4.93. The van der Waals surface area contributed by atoms with Crippen molar-refractivity contribution < 1.29 is 35.9 Å². The fourth-order valence-corrected chi connectivity index (χ4v) is 3.77. The Morgan fingerprint density at radius 3 is 2.08 bits per heavy atom. The number of allylic oxidation sites excluding steroid dienone is 1. The molecule has 2 amide bonds. The van der Waals surface area contributed by atoms with E-state index in [-0.39, 0.29) is 37.3 Å². The van der Waals surface area contributed by atoms with Crippen LogP contribution < -0.4 is 10.6 Å². The lowest BCUT2D eigenvalue weighted by Gasteiger charge is -2.19. The first-order chi connectivity index (χ1) is 16.6. The van der Waals surface area contributed by atoms with Crippen LogP contribution in [0, 0.1) is 0 Å². The molecule has 0 fully saturated rings. The number of nitrogens with one attached hydrogen (secondary N) is 2. The number of halogens is 10. The van der Waals surface area contributed by atoms with E-state index in [9.17, 15) is 35.9 Å². The summed E-state index contributed by atoms with van der Waals surface area (Å²) in [5.74, 6) is -5.53. The molecule has 0 heterocycles. The van der Waals surface area contributed by atoms with Gasteiger partial charge in [0.2, 0.25) is 5.91 Å². The topological polar surface area (TPSA) is 58.2 Å². The second-order valence-electron chi connectivity index (χ2n) is 7.36. The molecule has 0 bridgehead atoms. The van der Waals surface area contributed by atoms with E-state index >= 15 is 0 Å². The quantitative estimate of drug-likeness (QED) is 0.246. The molecule has 4 nitrogen and oxygen atoms in total. The van der Waals surface area contributed by atoms with Gasteiger partial charge in [-0.05, 0) is 42.8 Å². The minimum Gasteiger partial charge on any atom is -0.349 e. The Morgan fingerprint density at radius 1 is 1.00 bits per heavy atom. The van der Waals surface area contributed by atoms with Crippen LogP contribution in [0.1, 0.15) is 34.3 Å². The summed E-state index contributed by atoms with van der Waals surface area (Å²) in [4.78, 5) is 24.1. The molecule has 14 heteroatoms. The standard InChI is InChI=1S/C22H16Cl4F6N2O2/c1-9(20(35)33-8-18(28)29)34-21(36)12-3-2-10(4-14(12)23)17(27)7-13(22(30,31)32)11-5-15(24)19(26)16(25)6-11/h2-7,9,13,18H,8H2,1H3,(H,33,35)(H,34,36)/b17-7-. The molecular weight excluding hydrogens is 580 g/mol. The molecule has 0 aliphatic heterocycles. The zero-order chi connectivity index (χ0) is 27.4. The Hall–Kier alpha value is -2.14. The average molecular weight is 596 g/mol. The monoisotopic (exact) mass is 594 g/mol. The zero-order valence-electron chi connectivity index (χ0n) is 18.0. The summed E-state index contributed by atoms with van der Waals surface area (Å²) in [5, 5.41) is 3.15. The Balaban J connectivity index is 2.29. The van der Waals surface area contributed by atoms with Gasteiger partial charge in [-0.1, -0.05) is 52.5 Å². The van der Waals surface area contributed by atoms with Gasteiger partial charge in [-0.3, -0.25) is 9.59 Å². The minimum absolute atomic E-state index is 0.158. The van der Waals surface area contributed by atoms with Crippen LogP contribution in [0.25, 0.3) is 5.83 Å². The fraction of sp³-hybridized carbons (Fsp3) is 0.273. The molecule has 0 aliphatic rings. The van der Waals surface area contributed by atoms with Crippen LogP contribution >= 0.6 is 46.4 Å².